The first-order valence-electron chi connectivity index (χ1n) is 7.19. The Balaban J connectivity index is 1.95. The molecule has 3 aromatic rings. The first-order valence-corrected chi connectivity index (χ1v) is 10.1. The molecule has 0 atom stereocenters. The molecule has 0 aliphatic rings. The van der Waals surface area contributed by atoms with Crippen LogP contribution in [0.5, 0.6) is 0 Å². The Morgan fingerprint density at radius 3 is 2.67 bits per heavy atom. The summed E-state index contributed by atoms with van der Waals surface area (Å²) >= 11 is 11.2. The minimum atomic E-state index is -0.0186. The van der Waals surface area contributed by atoms with Gasteiger partial charge in [0.2, 0.25) is 5.16 Å². The van der Waals surface area contributed by atoms with Gasteiger partial charge in [-0.05, 0) is 62.7 Å². The molecule has 0 fully saturated rings. The van der Waals surface area contributed by atoms with Gasteiger partial charge in [0.15, 0.2) is 4.34 Å². The van der Waals surface area contributed by atoms with Crippen molar-refractivity contribution in [2.45, 2.75) is 47.5 Å². The molecule has 0 amide bonds. The highest BCUT2D eigenvalue weighted by molar-refractivity contribution is 9.11. The number of halogens is 1. The van der Waals surface area contributed by atoms with Crippen LogP contribution in [0.1, 0.15) is 32.0 Å². The van der Waals surface area contributed by atoms with Crippen molar-refractivity contribution in [3.63, 3.8) is 0 Å². The van der Waals surface area contributed by atoms with Crippen LogP contribution in [0.25, 0.3) is 5.69 Å². The fraction of sp³-hybridized carbons (Fsp3) is 0.333. The third-order valence-electron chi connectivity index (χ3n) is 3.26. The zero-order valence-corrected chi connectivity index (χ0v) is 17.7. The summed E-state index contributed by atoms with van der Waals surface area (Å²) in [6, 6.07) is 5.98. The summed E-state index contributed by atoms with van der Waals surface area (Å²) in [6.07, 6.45) is 0. The maximum atomic E-state index is 4.73. The molecule has 0 spiro atoms. The van der Waals surface area contributed by atoms with E-state index in [1.165, 1.54) is 11.8 Å². The van der Waals surface area contributed by atoms with E-state index >= 15 is 0 Å². The van der Waals surface area contributed by atoms with E-state index in [1.807, 2.05) is 25.1 Å². The largest absolute Gasteiger partial charge is 0.232 e. The summed E-state index contributed by atoms with van der Waals surface area (Å²) in [6.45, 7) is 8.46. The molecule has 0 saturated carbocycles. The van der Waals surface area contributed by atoms with Crippen LogP contribution in [0.3, 0.4) is 0 Å². The van der Waals surface area contributed by atoms with Crippen LogP contribution in [0.4, 0.5) is 0 Å². The molecule has 2 heterocycles. The molecule has 2 aromatic heterocycles. The first-order chi connectivity index (χ1) is 11.3. The van der Waals surface area contributed by atoms with Crippen molar-refractivity contribution in [1.82, 2.24) is 25.2 Å². The van der Waals surface area contributed by atoms with Gasteiger partial charge in [0, 0.05) is 10.3 Å². The van der Waals surface area contributed by atoms with Crippen LogP contribution in [0.15, 0.2) is 36.4 Å². The summed E-state index contributed by atoms with van der Waals surface area (Å²) in [5.74, 6) is 0. The lowest BCUT2D eigenvalue weighted by Gasteiger charge is -2.15. The number of hydrogen-bond acceptors (Lipinski definition) is 7. The average Bonchev–Trinajstić information content (AvgIpc) is 3.06. The van der Waals surface area contributed by atoms with Gasteiger partial charge in [-0.25, -0.2) is 4.98 Å². The third kappa shape index (κ3) is 3.68. The fourth-order valence-corrected chi connectivity index (χ4v) is 5.88. The van der Waals surface area contributed by atoms with E-state index < -0.39 is 0 Å². The normalized spacial score (nSPS) is 11.9. The summed E-state index contributed by atoms with van der Waals surface area (Å²) in [5.41, 5.74) is 3.02. The maximum absolute atomic E-state index is 4.73. The lowest BCUT2D eigenvalue weighted by Crippen LogP contribution is -2.12. The number of tetrazole rings is 1. The number of rotatable bonds is 3. The average molecular weight is 442 g/mol. The number of thiazole rings is 1. The predicted molar refractivity (Wildman–Crippen MR) is 104 cm³/mol. The number of thiol groups is 1. The molecule has 0 bridgehead atoms. The lowest BCUT2D eigenvalue weighted by atomic mass is 9.93. The number of aromatic nitrogens is 5. The zero-order valence-electron chi connectivity index (χ0n) is 13.6. The van der Waals surface area contributed by atoms with Crippen molar-refractivity contribution in [2.75, 3.05) is 0 Å². The second-order valence-corrected chi connectivity index (χ2v) is 10.3. The van der Waals surface area contributed by atoms with Crippen molar-refractivity contribution in [2.24, 2.45) is 0 Å². The molecule has 126 valence electrons. The highest BCUT2D eigenvalue weighted by Crippen LogP contribution is 2.39. The Labute approximate surface area is 162 Å². The Bertz CT molecular complexity index is 882. The molecule has 3 rings (SSSR count). The van der Waals surface area contributed by atoms with E-state index in [0.717, 1.165) is 30.0 Å². The molecule has 24 heavy (non-hydrogen) atoms. The van der Waals surface area contributed by atoms with Crippen LogP contribution in [-0.4, -0.2) is 25.2 Å². The number of nitrogens with zero attached hydrogens (tertiary/aromatic N) is 5. The van der Waals surface area contributed by atoms with E-state index in [0.29, 0.717) is 5.16 Å². The fourth-order valence-electron chi connectivity index (χ4n) is 2.07. The number of hydrogen-bond donors (Lipinski definition) is 1. The van der Waals surface area contributed by atoms with Gasteiger partial charge in [-0.2, -0.15) is 4.68 Å². The molecule has 0 unspecified atom stereocenters. The van der Waals surface area contributed by atoms with Gasteiger partial charge >= 0.3 is 0 Å². The quantitative estimate of drug-likeness (QED) is 0.583. The molecular weight excluding hydrogens is 426 g/mol. The molecule has 0 saturated heterocycles. The summed E-state index contributed by atoms with van der Waals surface area (Å²) < 4.78 is 3.64. The maximum Gasteiger partial charge on any atom is 0.221 e. The van der Waals surface area contributed by atoms with Gasteiger partial charge < -0.3 is 0 Å². The van der Waals surface area contributed by atoms with Gasteiger partial charge in [-0.3, -0.25) is 0 Å². The summed E-state index contributed by atoms with van der Waals surface area (Å²) in [7, 11) is 0. The standard InChI is InChI=1S/C15H16BrN5S3/c1-8-5-6-9(10(22)7-8)21-13(18-19-20-21)24-14-17-11(12(16)23-14)15(2,3)4/h5-7,22H,1-4H3. The molecule has 0 aliphatic carbocycles. The van der Waals surface area contributed by atoms with Crippen LogP contribution >= 0.6 is 51.7 Å². The van der Waals surface area contributed by atoms with Crippen LogP contribution in [-0.2, 0) is 5.41 Å². The monoisotopic (exact) mass is 441 g/mol. The van der Waals surface area contributed by atoms with E-state index in [9.17, 15) is 0 Å². The topological polar surface area (TPSA) is 56.5 Å². The molecule has 0 N–H and O–H groups in total. The van der Waals surface area contributed by atoms with E-state index in [4.69, 9.17) is 4.98 Å². The highest BCUT2D eigenvalue weighted by Gasteiger charge is 2.23. The first kappa shape index (κ1) is 17.9. The Morgan fingerprint density at radius 2 is 2.04 bits per heavy atom. The van der Waals surface area contributed by atoms with Gasteiger partial charge in [0.05, 0.1) is 15.2 Å². The highest BCUT2D eigenvalue weighted by atomic mass is 79.9. The molecular formula is C15H16BrN5S3. The minimum absolute atomic E-state index is 0.0186. The smallest absolute Gasteiger partial charge is 0.221 e. The Hall–Kier alpha value is -0.900. The van der Waals surface area contributed by atoms with Gasteiger partial charge in [-0.15, -0.1) is 17.7 Å². The SMILES string of the molecule is Cc1ccc(-n2nnnc2Sc2nc(C(C)(C)C)c(Br)s2)c(S)c1. The van der Waals surface area contributed by atoms with E-state index in [2.05, 4.69) is 64.9 Å². The molecule has 9 heteroatoms. The van der Waals surface area contributed by atoms with E-state index in [1.54, 1.807) is 16.0 Å². The molecule has 5 nitrogen and oxygen atoms in total. The van der Waals surface area contributed by atoms with Gasteiger partial charge in [0.25, 0.3) is 0 Å². The van der Waals surface area contributed by atoms with Crippen molar-refractivity contribution in [3.8, 4) is 5.69 Å². The Kier molecular flexibility index (Phi) is 5.06. The number of aryl methyl sites for hydroxylation is 1. The van der Waals surface area contributed by atoms with Crippen molar-refractivity contribution >= 4 is 51.7 Å². The van der Waals surface area contributed by atoms with Gasteiger partial charge in [0.1, 0.15) is 0 Å². The second-order valence-electron chi connectivity index (χ2n) is 6.32. The van der Waals surface area contributed by atoms with Crippen LogP contribution in [0.2, 0.25) is 0 Å². The minimum Gasteiger partial charge on any atom is -0.232 e. The van der Waals surface area contributed by atoms with Crippen molar-refractivity contribution < 1.29 is 0 Å². The summed E-state index contributed by atoms with van der Waals surface area (Å²) in [4.78, 5) is 5.57. The molecule has 0 radical (unpaired) electrons. The molecule has 0 aliphatic heterocycles. The zero-order chi connectivity index (χ0) is 17.5. The predicted octanol–water partition coefficient (Wildman–Crippen LogP) is 4.93. The van der Waals surface area contributed by atoms with Crippen LogP contribution in [0, 0.1) is 6.92 Å². The van der Waals surface area contributed by atoms with Crippen molar-refractivity contribution in [1.29, 1.82) is 0 Å². The Morgan fingerprint density at radius 1 is 1.29 bits per heavy atom. The lowest BCUT2D eigenvalue weighted by molar-refractivity contribution is 0.566. The van der Waals surface area contributed by atoms with Crippen molar-refractivity contribution in [3.05, 3.63) is 33.2 Å². The second kappa shape index (κ2) is 6.78. The third-order valence-corrected chi connectivity index (χ3v) is 6.32. The van der Waals surface area contributed by atoms with Crippen LogP contribution < -0.4 is 0 Å². The number of benzene rings is 1. The molecule has 1 aromatic carbocycles. The van der Waals surface area contributed by atoms with E-state index in [-0.39, 0.29) is 5.41 Å². The summed E-state index contributed by atoms with van der Waals surface area (Å²) in [5, 5.41) is 12.7. The van der Waals surface area contributed by atoms with Gasteiger partial charge in [-0.1, -0.05) is 38.2 Å².